The van der Waals surface area contributed by atoms with Crippen LogP contribution in [0.15, 0.2) is 30.3 Å². The van der Waals surface area contributed by atoms with Gasteiger partial charge in [-0.3, -0.25) is 4.79 Å². The maximum absolute atomic E-state index is 11.2. The van der Waals surface area contributed by atoms with E-state index < -0.39 is 0 Å². The standard InChI is InChI=1S/C13H20N2O2/c1-15(13(16)10-14)8-5-9-17-11-12-6-3-2-4-7-12/h2-4,6-7H,5,8-11,14H2,1H3. The molecule has 0 saturated heterocycles. The monoisotopic (exact) mass is 236 g/mol. The Hall–Kier alpha value is -1.39. The van der Waals surface area contributed by atoms with Gasteiger partial charge in [-0.1, -0.05) is 30.3 Å². The highest BCUT2D eigenvalue weighted by Crippen LogP contribution is 2.00. The van der Waals surface area contributed by atoms with E-state index in [0.717, 1.165) is 6.42 Å². The first-order valence-corrected chi connectivity index (χ1v) is 5.79. The molecule has 0 unspecified atom stereocenters. The Labute approximate surface area is 102 Å². The van der Waals surface area contributed by atoms with Gasteiger partial charge in [-0.05, 0) is 12.0 Å². The quantitative estimate of drug-likeness (QED) is 0.719. The minimum absolute atomic E-state index is 0.0342. The molecule has 0 heterocycles. The van der Waals surface area contributed by atoms with E-state index >= 15 is 0 Å². The Morgan fingerprint density at radius 2 is 2.06 bits per heavy atom. The van der Waals surface area contributed by atoms with Gasteiger partial charge in [0.15, 0.2) is 0 Å². The molecule has 4 heteroatoms. The third kappa shape index (κ3) is 5.47. The van der Waals surface area contributed by atoms with Crippen LogP contribution >= 0.6 is 0 Å². The summed E-state index contributed by atoms with van der Waals surface area (Å²) in [5, 5.41) is 0. The van der Waals surface area contributed by atoms with Crippen molar-refractivity contribution in [1.82, 2.24) is 4.90 Å². The SMILES string of the molecule is CN(CCCOCc1ccccc1)C(=O)CN. The van der Waals surface area contributed by atoms with Crippen molar-refractivity contribution in [1.29, 1.82) is 0 Å². The van der Waals surface area contributed by atoms with Gasteiger partial charge < -0.3 is 15.4 Å². The molecule has 2 N–H and O–H groups in total. The molecule has 0 aliphatic heterocycles. The lowest BCUT2D eigenvalue weighted by Gasteiger charge is -2.15. The summed E-state index contributed by atoms with van der Waals surface area (Å²) in [5.41, 5.74) is 6.42. The lowest BCUT2D eigenvalue weighted by atomic mass is 10.2. The molecule has 94 valence electrons. The molecule has 0 saturated carbocycles. The van der Waals surface area contributed by atoms with Crippen LogP contribution < -0.4 is 5.73 Å². The lowest BCUT2D eigenvalue weighted by molar-refractivity contribution is -0.128. The molecule has 0 fully saturated rings. The van der Waals surface area contributed by atoms with Crippen molar-refractivity contribution in [3.63, 3.8) is 0 Å². The molecule has 0 bridgehead atoms. The van der Waals surface area contributed by atoms with E-state index in [2.05, 4.69) is 0 Å². The van der Waals surface area contributed by atoms with Crippen LogP contribution in [-0.2, 0) is 16.1 Å². The van der Waals surface area contributed by atoms with Crippen LogP contribution in [0.25, 0.3) is 0 Å². The van der Waals surface area contributed by atoms with E-state index in [1.807, 2.05) is 30.3 Å². The van der Waals surface area contributed by atoms with E-state index in [9.17, 15) is 4.79 Å². The summed E-state index contributed by atoms with van der Waals surface area (Å²) in [6.07, 6.45) is 0.828. The van der Waals surface area contributed by atoms with Gasteiger partial charge in [-0.25, -0.2) is 0 Å². The number of hydrogen-bond donors (Lipinski definition) is 1. The van der Waals surface area contributed by atoms with Crippen LogP contribution in [-0.4, -0.2) is 37.6 Å². The third-order valence-corrected chi connectivity index (χ3v) is 2.49. The summed E-state index contributed by atoms with van der Waals surface area (Å²) in [6, 6.07) is 10.0. The number of nitrogens with zero attached hydrogens (tertiary/aromatic N) is 1. The van der Waals surface area contributed by atoms with Crippen LogP contribution in [0.5, 0.6) is 0 Å². The number of ether oxygens (including phenoxy) is 1. The first-order chi connectivity index (χ1) is 8.24. The zero-order chi connectivity index (χ0) is 12.5. The van der Waals surface area contributed by atoms with Crippen LogP contribution in [0, 0.1) is 0 Å². The van der Waals surface area contributed by atoms with E-state index in [1.54, 1.807) is 11.9 Å². The van der Waals surface area contributed by atoms with Gasteiger partial charge in [0.2, 0.25) is 5.91 Å². The molecular formula is C13H20N2O2. The number of hydrogen-bond acceptors (Lipinski definition) is 3. The van der Waals surface area contributed by atoms with Gasteiger partial charge >= 0.3 is 0 Å². The van der Waals surface area contributed by atoms with E-state index in [4.69, 9.17) is 10.5 Å². The Bertz CT molecular complexity index is 327. The summed E-state index contributed by atoms with van der Waals surface area (Å²) >= 11 is 0. The number of rotatable bonds is 7. The zero-order valence-corrected chi connectivity index (χ0v) is 10.3. The molecule has 4 nitrogen and oxygen atoms in total. The number of carbonyl (C=O) groups is 1. The molecule has 0 aromatic heterocycles. The fourth-order valence-corrected chi connectivity index (χ4v) is 1.45. The van der Waals surface area contributed by atoms with E-state index in [0.29, 0.717) is 19.8 Å². The number of likely N-dealkylation sites (N-methyl/N-ethyl adjacent to an activating group) is 1. The predicted molar refractivity (Wildman–Crippen MR) is 67.4 cm³/mol. The Morgan fingerprint density at radius 1 is 1.35 bits per heavy atom. The van der Waals surface area contributed by atoms with Crippen molar-refractivity contribution in [2.24, 2.45) is 5.73 Å². The molecule has 0 spiro atoms. The molecule has 0 radical (unpaired) electrons. The molecule has 1 amide bonds. The number of carbonyl (C=O) groups excluding carboxylic acids is 1. The Kier molecular flexibility index (Phi) is 6.29. The van der Waals surface area contributed by atoms with Crippen molar-refractivity contribution in [3.8, 4) is 0 Å². The largest absolute Gasteiger partial charge is 0.377 e. The van der Waals surface area contributed by atoms with E-state index in [-0.39, 0.29) is 12.5 Å². The van der Waals surface area contributed by atoms with Crippen LogP contribution in [0.3, 0.4) is 0 Å². The molecular weight excluding hydrogens is 216 g/mol. The first kappa shape index (κ1) is 13.7. The molecule has 17 heavy (non-hydrogen) atoms. The second kappa shape index (κ2) is 7.81. The van der Waals surface area contributed by atoms with Crippen LogP contribution in [0.4, 0.5) is 0 Å². The third-order valence-electron chi connectivity index (χ3n) is 2.49. The second-order valence-electron chi connectivity index (χ2n) is 3.91. The van der Waals surface area contributed by atoms with Crippen molar-refractivity contribution >= 4 is 5.91 Å². The molecule has 1 aromatic rings. The number of amides is 1. The topological polar surface area (TPSA) is 55.6 Å². The minimum Gasteiger partial charge on any atom is -0.377 e. The normalized spacial score (nSPS) is 10.2. The van der Waals surface area contributed by atoms with Crippen LogP contribution in [0.1, 0.15) is 12.0 Å². The maximum atomic E-state index is 11.2. The first-order valence-electron chi connectivity index (χ1n) is 5.79. The Balaban J connectivity index is 2.07. The molecule has 0 aliphatic carbocycles. The summed E-state index contributed by atoms with van der Waals surface area (Å²) in [7, 11) is 1.76. The summed E-state index contributed by atoms with van der Waals surface area (Å²) in [5.74, 6) is -0.0342. The van der Waals surface area contributed by atoms with Gasteiger partial charge in [-0.15, -0.1) is 0 Å². The van der Waals surface area contributed by atoms with Gasteiger partial charge in [0.05, 0.1) is 13.2 Å². The highest BCUT2D eigenvalue weighted by atomic mass is 16.5. The zero-order valence-electron chi connectivity index (χ0n) is 10.3. The van der Waals surface area contributed by atoms with Crippen molar-refractivity contribution in [2.45, 2.75) is 13.0 Å². The second-order valence-corrected chi connectivity index (χ2v) is 3.91. The maximum Gasteiger partial charge on any atom is 0.236 e. The number of nitrogens with two attached hydrogens (primary N) is 1. The summed E-state index contributed by atoms with van der Waals surface area (Å²) in [4.78, 5) is 12.8. The lowest BCUT2D eigenvalue weighted by Crippen LogP contribution is -2.33. The Morgan fingerprint density at radius 3 is 2.71 bits per heavy atom. The average Bonchev–Trinajstić information content (AvgIpc) is 2.38. The average molecular weight is 236 g/mol. The molecule has 1 aromatic carbocycles. The van der Waals surface area contributed by atoms with Gasteiger partial charge in [0, 0.05) is 20.2 Å². The summed E-state index contributed by atoms with van der Waals surface area (Å²) in [6.45, 7) is 2.03. The van der Waals surface area contributed by atoms with Crippen LogP contribution in [0.2, 0.25) is 0 Å². The van der Waals surface area contributed by atoms with Gasteiger partial charge in [-0.2, -0.15) is 0 Å². The van der Waals surface area contributed by atoms with Crippen molar-refractivity contribution in [3.05, 3.63) is 35.9 Å². The molecule has 0 aliphatic rings. The van der Waals surface area contributed by atoms with Crippen molar-refractivity contribution < 1.29 is 9.53 Å². The highest BCUT2D eigenvalue weighted by molar-refractivity contribution is 5.77. The highest BCUT2D eigenvalue weighted by Gasteiger charge is 2.04. The molecule has 0 atom stereocenters. The molecule has 1 rings (SSSR count). The fraction of sp³-hybridized carbons (Fsp3) is 0.462. The summed E-state index contributed by atoms with van der Waals surface area (Å²) < 4.78 is 5.51. The van der Waals surface area contributed by atoms with E-state index in [1.165, 1.54) is 5.56 Å². The van der Waals surface area contributed by atoms with Gasteiger partial charge in [0.25, 0.3) is 0 Å². The smallest absolute Gasteiger partial charge is 0.236 e. The van der Waals surface area contributed by atoms with Gasteiger partial charge in [0.1, 0.15) is 0 Å². The number of benzene rings is 1. The van der Waals surface area contributed by atoms with Crippen molar-refractivity contribution in [2.75, 3.05) is 26.7 Å². The minimum atomic E-state index is -0.0342. The predicted octanol–water partition coefficient (Wildman–Crippen LogP) is 1.01. The fourth-order valence-electron chi connectivity index (χ4n) is 1.45.